The van der Waals surface area contributed by atoms with Crippen LogP contribution in [0.2, 0.25) is 0 Å². The molecule has 1 heterocycles. The Morgan fingerprint density at radius 1 is 1.17 bits per heavy atom. The van der Waals surface area contributed by atoms with E-state index in [2.05, 4.69) is 0 Å². The summed E-state index contributed by atoms with van der Waals surface area (Å²) in [6.45, 7) is 2.14. The zero-order valence-corrected chi connectivity index (χ0v) is 10.1. The Morgan fingerprint density at radius 3 is 2.33 bits per heavy atom. The number of rotatable bonds is 4. The molecule has 0 spiro atoms. The van der Waals surface area contributed by atoms with Crippen LogP contribution in [-0.4, -0.2) is 26.4 Å². The molecule has 2 N–H and O–H groups in total. The molecule has 1 saturated heterocycles. The minimum Gasteiger partial charge on any atom is -0.493 e. The van der Waals surface area contributed by atoms with Crippen molar-refractivity contribution in [3.63, 3.8) is 0 Å². The van der Waals surface area contributed by atoms with E-state index in [-0.39, 0.29) is 11.2 Å². The molecular formula is C13H17F2NO2. The number of halogens is 2. The molecule has 1 aromatic carbocycles. The summed E-state index contributed by atoms with van der Waals surface area (Å²) in [6.07, 6.45) is 1.61. The first-order chi connectivity index (χ1) is 8.63. The average Bonchev–Trinajstić information content (AvgIpc) is 2.36. The third kappa shape index (κ3) is 3.17. The minimum absolute atomic E-state index is 0.152. The van der Waals surface area contributed by atoms with Crippen LogP contribution in [-0.2, 0) is 4.74 Å². The first kappa shape index (κ1) is 13.2. The van der Waals surface area contributed by atoms with Crippen LogP contribution < -0.4 is 10.5 Å². The molecule has 5 heteroatoms. The second-order valence-corrected chi connectivity index (χ2v) is 4.71. The Bertz CT molecular complexity index is 386. The fourth-order valence-electron chi connectivity index (χ4n) is 2.06. The first-order valence-electron chi connectivity index (χ1n) is 6.00. The van der Waals surface area contributed by atoms with Crippen molar-refractivity contribution in [2.24, 2.45) is 11.1 Å². The van der Waals surface area contributed by atoms with Crippen molar-refractivity contribution >= 4 is 0 Å². The normalized spacial score (nSPS) is 18.6. The maximum Gasteiger partial charge on any atom is 0.129 e. The Morgan fingerprint density at radius 2 is 1.78 bits per heavy atom. The lowest BCUT2D eigenvalue weighted by atomic mass is 9.81. The number of nitrogens with two attached hydrogens (primary N) is 1. The summed E-state index contributed by atoms with van der Waals surface area (Å²) in [6, 6.07) is 3.17. The van der Waals surface area contributed by atoms with E-state index < -0.39 is 11.6 Å². The number of hydrogen-bond donors (Lipinski definition) is 1. The molecule has 3 nitrogen and oxygen atoms in total. The second kappa shape index (κ2) is 5.63. The maximum atomic E-state index is 13.0. The van der Waals surface area contributed by atoms with Crippen LogP contribution in [0, 0.1) is 17.0 Å². The van der Waals surface area contributed by atoms with E-state index in [4.69, 9.17) is 15.2 Å². The van der Waals surface area contributed by atoms with Crippen LogP contribution in [0.5, 0.6) is 5.75 Å². The molecule has 18 heavy (non-hydrogen) atoms. The van der Waals surface area contributed by atoms with Gasteiger partial charge < -0.3 is 15.2 Å². The molecule has 1 aromatic rings. The maximum absolute atomic E-state index is 13.0. The average molecular weight is 257 g/mol. The van der Waals surface area contributed by atoms with Crippen LogP contribution in [0.25, 0.3) is 0 Å². The van der Waals surface area contributed by atoms with Gasteiger partial charge in [-0.05, 0) is 12.8 Å². The molecule has 0 bridgehead atoms. The lowest BCUT2D eigenvalue weighted by Gasteiger charge is -2.35. The Hall–Kier alpha value is -1.20. The van der Waals surface area contributed by atoms with Gasteiger partial charge in [0.25, 0.3) is 0 Å². The summed E-state index contributed by atoms with van der Waals surface area (Å²) in [5, 5.41) is 0. The van der Waals surface area contributed by atoms with Crippen LogP contribution >= 0.6 is 0 Å². The molecule has 0 atom stereocenters. The van der Waals surface area contributed by atoms with Crippen molar-refractivity contribution in [3.8, 4) is 5.75 Å². The fraction of sp³-hybridized carbons (Fsp3) is 0.538. The van der Waals surface area contributed by atoms with Gasteiger partial charge in [0.05, 0.1) is 6.61 Å². The zero-order valence-electron chi connectivity index (χ0n) is 10.1. The smallest absolute Gasteiger partial charge is 0.129 e. The van der Waals surface area contributed by atoms with Gasteiger partial charge in [0.1, 0.15) is 17.4 Å². The van der Waals surface area contributed by atoms with Gasteiger partial charge in [-0.1, -0.05) is 0 Å². The molecule has 100 valence electrons. The third-order valence-electron chi connectivity index (χ3n) is 3.37. The van der Waals surface area contributed by atoms with Gasteiger partial charge in [0.15, 0.2) is 0 Å². The largest absolute Gasteiger partial charge is 0.493 e. The van der Waals surface area contributed by atoms with Gasteiger partial charge in [-0.25, -0.2) is 8.78 Å². The molecule has 0 amide bonds. The fourth-order valence-corrected chi connectivity index (χ4v) is 2.06. The molecule has 1 aliphatic rings. The number of benzene rings is 1. The van der Waals surface area contributed by atoms with Crippen molar-refractivity contribution in [2.75, 3.05) is 26.4 Å². The van der Waals surface area contributed by atoms with Gasteiger partial charge in [0.2, 0.25) is 0 Å². The van der Waals surface area contributed by atoms with Crippen LogP contribution in [0.3, 0.4) is 0 Å². The van der Waals surface area contributed by atoms with Gasteiger partial charge in [-0.3, -0.25) is 0 Å². The van der Waals surface area contributed by atoms with E-state index in [9.17, 15) is 8.78 Å². The van der Waals surface area contributed by atoms with Crippen molar-refractivity contribution in [2.45, 2.75) is 12.8 Å². The summed E-state index contributed by atoms with van der Waals surface area (Å²) in [4.78, 5) is 0. The summed E-state index contributed by atoms with van der Waals surface area (Å²) in [7, 11) is 0. The van der Waals surface area contributed by atoms with E-state index >= 15 is 0 Å². The van der Waals surface area contributed by atoms with Crippen LogP contribution in [0.15, 0.2) is 18.2 Å². The standard InChI is InChI=1S/C13H17F2NO2/c14-10-5-11(15)7-12(6-10)18-9-13(8-16)1-3-17-4-2-13/h5-7H,1-4,8-9,16H2. The summed E-state index contributed by atoms with van der Waals surface area (Å²) < 4.78 is 36.8. The molecule has 0 unspecified atom stereocenters. The lowest BCUT2D eigenvalue weighted by molar-refractivity contribution is -0.00509. The lowest BCUT2D eigenvalue weighted by Crippen LogP contribution is -2.41. The Balaban J connectivity index is 2.00. The monoisotopic (exact) mass is 257 g/mol. The van der Waals surface area contributed by atoms with Gasteiger partial charge in [-0.2, -0.15) is 0 Å². The van der Waals surface area contributed by atoms with Gasteiger partial charge >= 0.3 is 0 Å². The van der Waals surface area contributed by atoms with Gasteiger partial charge in [0, 0.05) is 43.4 Å². The Labute approximate surface area is 105 Å². The number of ether oxygens (including phenoxy) is 2. The van der Waals surface area contributed by atoms with E-state index in [0.717, 1.165) is 18.9 Å². The summed E-state index contributed by atoms with van der Waals surface area (Å²) >= 11 is 0. The van der Waals surface area contributed by atoms with Crippen LogP contribution in [0.4, 0.5) is 8.78 Å². The Kier molecular flexibility index (Phi) is 4.14. The highest BCUT2D eigenvalue weighted by Gasteiger charge is 2.32. The molecule has 0 saturated carbocycles. The predicted molar refractivity (Wildman–Crippen MR) is 63.4 cm³/mol. The third-order valence-corrected chi connectivity index (χ3v) is 3.37. The topological polar surface area (TPSA) is 44.5 Å². The highest BCUT2D eigenvalue weighted by atomic mass is 19.1. The van der Waals surface area contributed by atoms with E-state index in [1.54, 1.807) is 0 Å². The van der Waals surface area contributed by atoms with Crippen molar-refractivity contribution in [1.29, 1.82) is 0 Å². The highest BCUT2D eigenvalue weighted by Crippen LogP contribution is 2.30. The molecule has 0 aliphatic carbocycles. The minimum atomic E-state index is -0.640. The second-order valence-electron chi connectivity index (χ2n) is 4.71. The summed E-state index contributed by atoms with van der Waals surface area (Å²) in [5.74, 6) is -1.08. The van der Waals surface area contributed by atoms with Crippen molar-refractivity contribution in [1.82, 2.24) is 0 Å². The molecule has 0 radical (unpaired) electrons. The predicted octanol–water partition coefficient (Wildman–Crippen LogP) is 2.10. The van der Waals surface area contributed by atoms with Crippen LogP contribution in [0.1, 0.15) is 12.8 Å². The van der Waals surface area contributed by atoms with Crippen molar-refractivity contribution in [3.05, 3.63) is 29.8 Å². The van der Waals surface area contributed by atoms with E-state index in [1.165, 1.54) is 12.1 Å². The van der Waals surface area contributed by atoms with Gasteiger partial charge in [-0.15, -0.1) is 0 Å². The van der Waals surface area contributed by atoms with Crippen molar-refractivity contribution < 1.29 is 18.3 Å². The SMILES string of the molecule is NCC1(COc2cc(F)cc(F)c2)CCOCC1. The highest BCUT2D eigenvalue weighted by molar-refractivity contribution is 5.23. The summed E-state index contributed by atoms with van der Waals surface area (Å²) in [5.41, 5.74) is 5.63. The first-order valence-corrected chi connectivity index (χ1v) is 6.00. The van der Waals surface area contributed by atoms with E-state index in [0.29, 0.717) is 26.4 Å². The van der Waals surface area contributed by atoms with E-state index in [1.807, 2.05) is 0 Å². The zero-order chi connectivity index (χ0) is 13.0. The molecule has 1 fully saturated rings. The molecule has 2 rings (SSSR count). The number of hydrogen-bond acceptors (Lipinski definition) is 3. The molecule has 1 aliphatic heterocycles. The quantitative estimate of drug-likeness (QED) is 0.898. The molecular weight excluding hydrogens is 240 g/mol. The molecule has 0 aromatic heterocycles.